The molecule has 114 valence electrons. The number of phenolic OH excluding ortho intramolecular Hbond substituents is 1. The number of aromatic hydroxyl groups is 1. The third-order valence-corrected chi connectivity index (χ3v) is 3.34. The molecule has 1 aromatic carbocycles. The van der Waals surface area contributed by atoms with Gasteiger partial charge in [-0.3, -0.25) is 9.69 Å². The van der Waals surface area contributed by atoms with E-state index in [1.54, 1.807) is 32.9 Å². The van der Waals surface area contributed by atoms with Crippen molar-refractivity contribution in [3.8, 4) is 5.75 Å². The number of rotatable bonds is 2. The van der Waals surface area contributed by atoms with Gasteiger partial charge < -0.3 is 9.84 Å². The minimum Gasteiger partial charge on any atom is -0.508 e. The Morgan fingerprint density at radius 1 is 1.24 bits per heavy atom. The highest BCUT2D eigenvalue weighted by Gasteiger charge is 2.36. The van der Waals surface area contributed by atoms with Crippen LogP contribution in [0.15, 0.2) is 24.3 Å². The highest BCUT2D eigenvalue weighted by molar-refractivity contribution is 6.01. The van der Waals surface area contributed by atoms with Crippen LogP contribution in [0, 0.1) is 0 Å². The topological polar surface area (TPSA) is 66.8 Å². The van der Waals surface area contributed by atoms with Gasteiger partial charge in [-0.1, -0.05) is 0 Å². The van der Waals surface area contributed by atoms with Crippen molar-refractivity contribution in [2.75, 3.05) is 6.54 Å². The summed E-state index contributed by atoms with van der Waals surface area (Å²) in [4.78, 5) is 26.2. The number of likely N-dealkylation sites (tertiary alicyclic amines) is 1. The molecular formula is C16H21NO4. The van der Waals surface area contributed by atoms with E-state index in [0.717, 1.165) is 6.42 Å². The van der Waals surface area contributed by atoms with Gasteiger partial charge in [-0.05, 0) is 57.9 Å². The Morgan fingerprint density at radius 2 is 1.86 bits per heavy atom. The Labute approximate surface area is 124 Å². The second-order valence-electron chi connectivity index (χ2n) is 6.24. The first-order chi connectivity index (χ1) is 9.78. The Morgan fingerprint density at radius 3 is 2.43 bits per heavy atom. The molecule has 0 bridgehead atoms. The van der Waals surface area contributed by atoms with Gasteiger partial charge in [0.2, 0.25) is 0 Å². The molecule has 0 aromatic heterocycles. The number of Topliss-reactive ketones (excluding diaryl/α,β-unsaturated/α-hetero) is 1. The number of ketones is 1. The number of nitrogens with zero attached hydrogens (tertiary/aromatic N) is 1. The molecule has 1 heterocycles. The van der Waals surface area contributed by atoms with Crippen LogP contribution in [0.25, 0.3) is 0 Å². The van der Waals surface area contributed by atoms with Crippen LogP contribution in [0.5, 0.6) is 5.75 Å². The SMILES string of the molecule is CC(C)(C)OC(=O)N1CCCC1C(=O)c1ccc(O)cc1. The minimum atomic E-state index is -0.578. The molecule has 0 saturated carbocycles. The average molecular weight is 291 g/mol. The number of hydrogen-bond acceptors (Lipinski definition) is 4. The fourth-order valence-corrected chi connectivity index (χ4v) is 2.40. The van der Waals surface area contributed by atoms with Crippen LogP contribution in [0.4, 0.5) is 4.79 Å². The number of carbonyl (C=O) groups is 2. The van der Waals surface area contributed by atoms with Crippen LogP contribution in [0.1, 0.15) is 44.0 Å². The Kier molecular flexibility index (Phi) is 4.21. The van der Waals surface area contributed by atoms with E-state index in [1.807, 2.05) is 0 Å². The zero-order chi connectivity index (χ0) is 15.6. The van der Waals surface area contributed by atoms with E-state index in [2.05, 4.69) is 0 Å². The van der Waals surface area contributed by atoms with Crippen LogP contribution in [-0.2, 0) is 4.74 Å². The lowest BCUT2D eigenvalue weighted by Gasteiger charge is -2.28. The van der Waals surface area contributed by atoms with Crippen LogP contribution < -0.4 is 0 Å². The van der Waals surface area contributed by atoms with Crippen molar-refractivity contribution < 1.29 is 19.4 Å². The molecule has 1 unspecified atom stereocenters. The summed E-state index contributed by atoms with van der Waals surface area (Å²) in [6.45, 7) is 5.94. The Hall–Kier alpha value is -2.04. The number of amides is 1. The van der Waals surface area contributed by atoms with E-state index in [9.17, 15) is 14.7 Å². The van der Waals surface area contributed by atoms with E-state index < -0.39 is 17.7 Å². The van der Waals surface area contributed by atoms with Crippen molar-refractivity contribution in [1.29, 1.82) is 0 Å². The molecule has 5 nitrogen and oxygen atoms in total. The van der Waals surface area contributed by atoms with E-state index in [1.165, 1.54) is 17.0 Å². The molecule has 2 rings (SSSR count). The first-order valence-corrected chi connectivity index (χ1v) is 7.11. The number of benzene rings is 1. The van der Waals surface area contributed by atoms with Crippen LogP contribution in [0.2, 0.25) is 0 Å². The van der Waals surface area contributed by atoms with Crippen LogP contribution >= 0.6 is 0 Å². The van der Waals surface area contributed by atoms with Gasteiger partial charge in [0.15, 0.2) is 5.78 Å². The van der Waals surface area contributed by atoms with Gasteiger partial charge in [0.05, 0.1) is 6.04 Å². The van der Waals surface area contributed by atoms with Gasteiger partial charge >= 0.3 is 6.09 Å². The maximum absolute atomic E-state index is 12.5. The van der Waals surface area contributed by atoms with E-state index in [-0.39, 0.29) is 11.5 Å². The fourth-order valence-electron chi connectivity index (χ4n) is 2.40. The highest BCUT2D eigenvalue weighted by atomic mass is 16.6. The highest BCUT2D eigenvalue weighted by Crippen LogP contribution is 2.24. The molecule has 1 N–H and O–H groups in total. The van der Waals surface area contributed by atoms with Crippen molar-refractivity contribution in [2.45, 2.75) is 45.3 Å². The van der Waals surface area contributed by atoms with Crippen molar-refractivity contribution in [1.82, 2.24) is 4.90 Å². The molecule has 0 radical (unpaired) electrons. The quantitative estimate of drug-likeness (QED) is 0.851. The summed E-state index contributed by atoms with van der Waals surface area (Å²) in [5.74, 6) is 0.000305. The summed E-state index contributed by atoms with van der Waals surface area (Å²) in [7, 11) is 0. The third kappa shape index (κ3) is 3.74. The third-order valence-electron chi connectivity index (χ3n) is 3.34. The summed E-state index contributed by atoms with van der Waals surface area (Å²) in [6, 6.07) is 5.61. The van der Waals surface area contributed by atoms with Gasteiger partial charge in [0, 0.05) is 12.1 Å². The summed E-state index contributed by atoms with van der Waals surface area (Å²) in [5, 5.41) is 9.28. The van der Waals surface area contributed by atoms with Crippen LogP contribution in [-0.4, -0.2) is 40.1 Å². The van der Waals surface area contributed by atoms with Crippen molar-refractivity contribution in [3.63, 3.8) is 0 Å². The largest absolute Gasteiger partial charge is 0.508 e. The molecule has 1 saturated heterocycles. The summed E-state index contributed by atoms with van der Waals surface area (Å²) >= 11 is 0. The van der Waals surface area contributed by atoms with Crippen molar-refractivity contribution in [3.05, 3.63) is 29.8 Å². The first kappa shape index (κ1) is 15.4. The lowest BCUT2D eigenvalue weighted by atomic mass is 10.0. The first-order valence-electron chi connectivity index (χ1n) is 7.11. The Balaban J connectivity index is 2.13. The molecular weight excluding hydrogens is 270 g/mol. The summed E-state index contributed by atoms with van der Waals surface area (Å²) < 4.78 is 5.35. The smallest absolute Gasteiger partial charge is 0.410 e. The lowest BCUT2D eigenvalue weighted by Crippen LogP contribution is -2.43. The molecule has 0 aliphatic carbocycles. The molecule has 1 fully saturated rings. The number of phenols is 1. The monoisotopic (exact) mass is 291 g/mol. The molecule has 5 heteroatoms. The van der Waals surface area contributed by atoms with Gasteiger partial charge in [0.25, 0.3) is 0 Å². The minimum absolute atomic E-state index is 0.113. The van der Waals surface area contributed by atoms with Gasteiger partial charge in [-0.2, -0.15) is 0 Å². The maximum atomic E-state index is 12.5. The Bertz CT molecular complexity index is 530. The second-order valence-corrected chi connectivity index (χ2v) is 6.24. The van der Waals surface area contributed by atoms with Crippen molar-refractivity contribution in [2.24, 2.45) is 0 Å². The molecule has 1 atom stereocenters. The maximum Gasteiger partial charge on any atom is 0.410 e. The lowest BCUT2D eigenvalue weighted by molar-refractivity contribution is 0.0222. The molecule has 1 amide bonds. The number of hydrogen-bond donors (Lipinski definition) is 1. The standard InChI is InChI=1S/C16H21NO4/c1-16(2,3)21-15(20)17-10-4-5-13(17)14(19)11-6-8-12(18)9-7-11/h6-9,13,18H,4-5,10H2,1-3H3. The normalized spacial score (nSPS) is 18.6. The molecule has 1 aliphatic rings. The van der Waals surface area contributed by atoms with E-state index >= 15 is 0 Å². The molecule has 21 heavy (non-hydrogen) atoms. The molecule has 1 aliphatic heterocycles. The average Bonchev–Trinajstić information content (AvgIpc) is 2.86. The second kappa shape index (κ2) is 5.76. The van der Waals surface area contributed by atoms with Crippen molar-refractivity contribution >= 4 is 11.9 Å². The molecule has 0 spiro atoms. The van der Waals surface area contributed by atoms with Gasteiger partial charge in [-0.15, -0.1) is 0 Å². The van der Waals surface area contributed by atoms with E-state index in [4.69, 9.17) is 4.74 Å². The zero-order valence-electron chi connectivity index (χ0n) is 12.6. The number of ether oxygens (including phenoxy) is 1. The predicted octanol–water partition coefficient (Wildman–Crippen LogP) is 2.97. The number of carbonyl (C=O) groups excluding carboxylic acids is 2. The molecule has 1 aromatic rings. The van der Waals surface area contributed by atoms with Crippen LogP contribution in [0.3, 0.4) is 0 Å². The fraction of sp³-hybridized carbons (Fsp3) is 0.500. The summed E-state index contributed by atoms with van der Waals surface area (Å²) in [6.07, 6.45) is 0.976. The zero-order valence-corrected chi connectivity index (χ0v) is 12.6. The van der Waals surface area contributed by atoms with Gasteiger partial charge in [0.1, 0.15) is 11.4 Å². The predicted molar refractivity (Wildman–Crippen MR) is 78.4 cm³/mol. The summed E-state index contributed by atoms with van der Waals surface area (Å²) in [5.41, 5.74) is -0.0838. The van der Waals surface area contributed by atoms with Gasteiger partial charge in [-0.25, -0.2) is 4.79 Å². The van der Waals surface area contributed by atoms with E-state index in [0.29, 0.717) is 18.5 Å².